The summed E-state index contributed by atoms with van der Waals surface area (Å²) in [4.78, 5) is 0. The number of aliphatic hydroxyl groups is 1. The molecule has 0 aliphatic rings. The average molecular weight is 421 g/mol. The third-order valence-electron chi connectivity index (χ3n) is 2.83. The molecule has 2 aromatic carbocycles. The zero-order valence-electron chi connectivity index (χ0n) is 10.7. The van der Waals surface area contributed by atoms with Gasteiger partial charge in [-0.1, -0.05) is 33.6 Å². The summed E-state index contributed by atoms with van der Waals surface area (Å²) in [6.07, 6.45) is -0.775. The zero-order valence-corrected chi connectivity index (χ0v) is 14.7. The van der Waals surface area contributed by atoms with Crippen LogP contribution in [0.2, 0.25) is 5.02 Å². The van der Waals surface area contributed by atoms with Crippen molar-refractivity contribution in [1.82, 2.24) is 0 Å². The number of hydrogen-bond donors (Lipinski definition) is 1. The van der Waals surface area contributed by atoms with Crippen LogP contribution >= 0.6 is 43.5 Å². The summed E-state index contributed by atoms with van der Waals surface area (Å²) < 4.78 is 7.22. The van der Waals surface area contributed by atoms with Crippen LogP contribution in [0.1, 0.15) is 24.2 Å². The smallest absolute Gasteiger partial charge is 0.125 e. The van der Waals surface area contributed by atoms with Gasteiger partial charge >= 0.3 is 0 Å². The molecule has 2 rings (SSSR count). The molecule has 0 aromatic heterocycles. The molecule has 0 radical (unpaired) electrons. The highest BCUT2D eigenvalue weighted by molar-refractivity contribution is 9.10. The first-order valence-corrected chi connectivity index (χ1v) is 8.04. The molecule has 1 N–H and O–H groups in total. The summed E-state index contributed by atoms with van der Waals surface area (Å²) in [5.74, 6) is 0.675. The van der Waals surface area contributed by atoms with Gasteiger partial charge < -0.3 is 9.84 Å². The molecule has 0 saturated heterocycles. The highest BCUT2D eigenvalue weighted by Gasteiger charge is 2.17. The number of aliphatic hydroxyl groups excluding tert-OH is 1. The van der Waals surface area contributed by atoms with Gasteiger partial charge in [0.15, 0.2) is 0 Å². The van der Waals surface area contributed by atoms with Crippen molar-refractivity contribution in [2.24, 2.45) is 0 Å². The highest BCUT2D eigenvalue weighted by atomic mass is 79.9. The standard InChI is InChI=1S/C15H13Br2ClO2/c1-2-20-14-6-4-10(16)8-11(14)15(19)9-3-5-13(18)12(17)7-9/h3-8,15,19H,2H2,1H3. The Labute approximate surface area is 140 Å². The second-order valence-corrected chi connectivity index (χ2v) is 6.37. The van der Waals surface area contributed by atoms with Crippen LogP contribution in [0.5, 0.6) is 5.75 Å². The first-order valence-electron chi connectivity index (χ1n) is 6.08. The van der Waals surface area contributed by atoms with Crippen LogP contribution in [0.25, 0.3) is 0 Å². The van der Waals surface area contributed by atoms with Gasteiger partial charge in [-0.25, -0.2) is 0 Å². The molecule has 106 valence electrons. The van der Waals surface area contributed by atoms with Gasteiger partial charge in [-0.3, -0.25) is 0 Å². The molecule has 5 heteroatoms. The Morgan fingerprint density at radius 3 is 2.60 bits per heavy atom. The van der Waals surface area contributed by atoms with Gasteiger partial charge in [-0.15, -0.1) is 0 Å². The highest BCUT2D eigenvalue weighted by Crippen LogP contribution is 2.34. The molecule has 0 bridgehead atoms. The first kappa shape index (κ1) is 15.8. The topological polar surface area (TPSA) is 29.5 Å². The van der Waals surface area contributed by atoms with E-state index in [1.54, 1.807) is 12.1 Å². The molecule has 20 heavy (non-hydrogen) atoms. The van der Waals surface area contributed by atoms with Crippen molar-refractivity contribution in [3.63, 3.8) is 0 Å². The Balaban J connectivity index is 2.43. The monoisotopic (exact) mass is 418 g/mol. The summed E-state index contributed by atoms with van der Waals surface area (Å²) in [5.41, 5.74) is 1.47. The minimum Gasteiger partial charge on any atom is -0.493 e. The maximum Gasteiger partial charge on any atom is 0.125 e. The van der Waals surface area contributed by atoms with Crippen LogP contribution in [0.15, 0.2) is 45.3 Å². The van der Waals surface area contributed by atoms with Gasteiger partial charge in [0.2, 0.25) is 0 Å². The van der Waals surface area contributed by atoms with Crippen molar-refractivity contribution in [2.45, 2.75) is 13.0 Å². The molecule has 0 saturated carbocycles. The van der Waals surface area contributed by atoms with E-state index in [-0.39, 0.29) is 0 Å². The summed E-state index contributed by atoms with van der Waals surface area (Å²) in [6.45, 7) is 2.46. The van der Waals surface area contributed by atoms with Crippen LogP contribution in [0.4, 0.5) is 0 Å². The number of rotatable bonds is 4. The van der Waals surface area contributed by atoms with E-state index in [1.807, 2.05) is 31.2 Å². The van der Waals surface area contributed by atoms with Crippen molar-refractivity contribution in [3.05, 3.63) is 61.5 Å². The number of halogens is 3. The molecule has 0 spiro atoms. The molecule has 1 unspecified atom stereocenters. The lowest BCUT2D eigenvalue weighted by Gasteiger charge is -2.17. The molecule has 0 fully saturated rings. The third-order valence-corrected chi connectivity index (χ3v) is 4.53. The summed E-state index contributed by atoms with van der Waals surface area (Å²) in [5, 5.41) is 11.2. The van der Waals surface area contributed by atoms with Gasteiger partial charge in [-0.05, 0) is 58.7 Å². The van der Waals surface area contributed by atoms with Gasteiger partial charge in [0, 0.05) is 14.5 Å². The van der Waals surface area contributed by atoms with Crippen LogP contribution in [0.3, 0.4) is 0 Å². The minimum atomic E-state index is -0.775. The largest absolute Gasteiger partial charge is 0.493 e. The Hall–Kier alpha value is -0.550. The molecular formula is C15H13Br2ClO2. The van der Waals surface area contributed by atoms with E-state index in [2.05, 4.69) is 31.9 Å². The lowest BCUT2D eigenvalue weighted by molar-refractivity contribution is 0.212. The summed E-state index contributed by atoms with van der Waals surface area (Å²) >= 11 is 12.8. The predicted molar refractivity (Wildman–Crippen MR) is 88.5 cm³/mol. The fourth-order valence-corrected chi connectivity index (χ4v) is 2.77. The van der Waals surface area contributed by atoms with Crippen molar-refractivity contribution in [3.8, 4) is 5.75 Å². The Kier molecular flexibility index (Phi) is 5.49. The molecule has 1 atom stereocenters. The third kappa shape index (κ3) is 3.55. The Morgan fingerprint density at radius 2 is 1.95 bits per heavy atom. The lowest BCUT2D eigenvalue weighted by Crippen LogP contribution is -2.04. The normalized spacial score (nSPS) is 12.2. The van der Waals surface area contributed by atoms with Crippen molar-refractivity contribution >= 4 is 43.5 Å². The molecule has 2 aromatic rings. The lowest BCUT2D eigenvalue weighted by atomic mass is 10.0. The van der Waals surface area contributed by atoms with E-state index >= 15 is 0 Å². The zero-order chi connectivity index (χ0) is 14.7. The van der Waals surface area contributed by atoms with E-state index in [4.69, 9.17) is 16.3 Å². The molecule has 0 aliphatic heterocycles. The van der Waals surface area contributed by atoms with Crippen molar-refractivity contribution in [1.29, 1.82) is 0 Å². The summed E-state index contributed by atoms with van der Waals surface area (Å²) in [7, 11) is 0. The second-order valence-electron chi connectivity index (χ2n) is 4.19. The van der Waals surface area contributed by atoms with E-state index in [9.17, 15) is 5.11 Å². The van der Waals surface area contributed by atoms with Crippen LogP contribution in [-0.4, -0.2) is 11.7 Å². The van der Waals surface area contributed by atoms with Crippen LogP contribution < -0.4 is 4.74 Å². The first-order chi connectivity index (χ1) is 9.52. The van der Waals surface area contributed by atoms with E-state index in [0.717, 1.165) is 20.1 Å². The fourth-order valence-electron chi connectivity index (χ4n) is 1.88. The molecule has 2 nitrogen and oxygen atoms in total. The van der Waals surface area contributed by atoms with Crippen LogP contribution in [0, 0.1) is 0 Å². The van der Waals surface area contributed by atoms with Gasteiger partial charge in [0.25, 0.3) is 0 Å². The van der Waals surface area contributed by atoms with E-state index in [1.165, 1.54) is 0 Å². The molecule has 0 heterocycles. The minimum absolute atomic E-state index is 0.547. The van der Waals surface area contributed by atoms with Gasteiger partial charge in [0.05, 0.1) is 11.6 Å². The molecule has 0 amide bonds. The summed E-state index contributed by atoms with van der Waals surface area (Å²) in [6, 6.07) is 11.0. The molecular weight excluding hydrogens is 407 g/mol. The predicted octanol–water partition coefficient (Wildman–Crippen LogP) is 5.35. The maximum atomic E-state index is 10.6. The van der Waals surface area contributed by atoms with Crippen molar-refractivity contribution in [2.75, 3.05) is 6.61 Å². The number of ether oxygens (including phenoxy) is 1. The second kappa shape index (κ2) is 6.94. The Morgan fingerprint density at radius 1 is 1.20 bits per heavy atom. The SMILES string of the molecule is CCOc1ccc(Br)cc1C(O)c1ccc(Cl)c(Br)c1. The maximum absolute atomic E-state index is 10.6. The van der Waals surface area contributed by atoms with Gasteiger partial charge in [0.1, 0.15) is 11.9 Å². The number of hydrogen-bond acceptors (Lipinski definition) is 2. The van der Waals surface area contributed by atoms with Gasteiger partial charge in [-0.2, -0.15) is 0 Å². The van der Waals surface area contributed by atoms with E-state index in [0.29, 0.717) is 17.4 Å². The average Bonchev–Trinajstić information content (AvgIpc) is 2.43. The number of benzene rings is 2. The van der Waals surface area contributed by atoms with Crippen LogP contribution in [-0.2, 0) is 0 Å². The quantitative estimate of drug-likeness (QED) is 0.723. The van der Waals surface area contributed by atoms with Crippen molar-refractivity contribution < 1.29 is 9.84 Å². The van der Waals surface area contributed by atoms with E-state index < -0.39 is 6.10 Å². The fraction of sp³-hybridized carbons (Fsp3) is 0.200. The molecule has 0 aliphatic carbocycles. The Bertz CT molecular complexity index is 617.